The minimum atomic E-state index is -0.969. The highest BCUT2D eigenvalue weighted by atomic mass is 32.1. The molecular weight excluding hydrogens is 458 g/mol. The smallest absolute Gasteiger partial charge is 0.217 e. The number of benzene rings is 2. The van der Waals surface area contributed by atoms with E-state index in [1.807, 2.05) is 24.3 Å². The molecule has 1 aromatic heterocycles. The number of amides is 1. The van der Waals surface area contributed by atoms with Gasteiger partial charge >= 0.3 is 0 Å². The Balaban J connectivity index is 1.46. The molecular formula is C26H26F2N2O3S. The Hall–Kier alpha value is -2.94. The molecule has 1 aliphatic carbocycles. The van der Waals surface area contributed by atoms with Gasteiger partial charge in [0.1, 0.15) is 11.6 Å². The number of hydrogen-bond donors (Lipinski definition) is 3. The number of thiophene rings is 1. The molecule has 34 heavy (non-hydrogen) atoms. The molecule has 1 aliphatic rings. The molecule has 8 heteroatoms. The molecule has 0 spiro atoms. The fourth-order valence-electron chi connectivity index (χ4n) is 4.20. The number of carbonyl (C=O) groups excluding carboxylic acids is 2. The third kappa shape index (κ3) is 5.75. The number of nitrogens with one attached hydrogen (secondary N) is 2. The molecule has 0 aliphatic heterocycles. The van der Waals surface area contributed by atoms with Crippen LogP contribution in [0.15, 0.2) is 54.6 Å². The van der Waals surface area contributed by atoms with E-state index in [4.69, 9.17) is 0 Å². The van der Waals surface area contributed by atoms with E-state index in [0.29, 0.717) is 10.4 Å². The van der Waals surface area contributed by atoms with Crippen LogP contribution in [0.5, 0.6) is 0 Å². The van der Waals surface area contributed by atoms with Crippen LogP contribution < -0.4 is 10.6 Å². The third-order valence-electron chi connectivity index (χ3n) is 6.07. The largest absolute Gasteiger partial charge is 0.390 e. The molecule has 5 nitrogen and oxygen atoms in total. The Bertz CT molecular complexity index is 1170. The second kappa shape index (κ2) is 10.1. The maximum absolute atomic E-state index is 13.6. The lowest BCUT2D eigenvalue weighted by Crippen LogP contribution is -2.49. The van der Waals surface area contributed by atoms with Crippen LogP contribution in [0.1, 0.15) is 40.6 Å². The van der Waals surface area contributed by atoms with Crippen molar-refractivity contribution >= 4 is 23.5 Å². The number of aldehydes is 1. The van der Waals surface area contributed by atoms with Crippen molar-refractivity contribution in [2.24, 2.45) is 0 Å². The van der Waals surface area contributed by atoms with Crippen LogP contribution in [0, 0.1) is 11.6 Å². The molecule has 1 fully saturated rings. The van der Waals surface area contributed by atoms with Crippen molar-refractivity contribution in [1.82, 2.24) is 10.6 Å². The first-order chi connectivity index (χ1) is 16.3. The molecule has 1 saturated carbocycles. The zero-order chi connectivity index (χ0) is 24.3. The first-order valence-corrected chi connectivity index (χ1v) is 11.9. The van der Waals surface area contributed by atoms with E-state index in [-0.39, 0.29) is 24.4 Å². The quantitative estimate of drug-likeness (QED) is 0.377. The van der Waals surface area contributed by atoms with Crippen molar-refractivity contribution in [1.29, 1.82) is 0 Å². The Labute approximate surface area is 200 Å². The summed E-state index contributed by atoms with van der Waals surface area (Å²) in [5.41, 5.74) is 2.18. The Morgan fingerprint density at radius 1 is 1.15 bits per heavy atom. The summed E-state index contributed by atoms with van der Waals surface area (Å²) >= 11 is 1.43. The predicted octanol–water partition coefficient (Wildman–Crippen LogP) is 4.19. The van der Waals surface area contributed by atoms with Crippen LogP contribution in [0.2, 0.25) is 0 Å². The zero-order valence-corrected chi connectivity index (χ0v) is 19.5. The van der Waals surface area contributed by atoms with Gasteiger partial charge in [-0.15, -0.1) is 11.3 Å². The molecule has 178 valence electrons. The lowest BCUT2D eigenvalue weighted by atomic mass is 9.98. The van der Waals surface area contributed by atoms with E-state index in [2.05, 4.69) is 16.7 Å². The molecule has 0 bridgehead atoms. The van der Waals surface area contributed by atoms with E-state index >= 15 is 0 Å². The second-order valence-electron chi connectivity index (χ2n) is 8.72. The van der Waals surface area contributed by atoms with Crippen molar-refractivity contribution in [3.63, 3.8) is 0 Å². The molecule has 2 aromatic carbocycles. The standard InChI is InChI=1S/C26H26F2N2O3S/c1-16(32)30-23(11-17-9-20(27)13-21(28)10-17)24(33)14-29-26(7-8-26)19-4-2-3-18(12-19)25-6-5-22(15-31)34-25/h2-6,9-10,12-13,15,23-24,29,33H,7-8,11,14H2,1H3,(H,30,32). The van der Waals surface area contributed by atoms with Gasteiger partial charge in [-0.05, 0) is 66.3 Å². The number of aliphatic hydroxyl groups is 1. The van der Waals surface area contributed by atoms with Gasteiger partial charge in [0.2, 0.25) is 5.91 Å². The molecule has 2 unspecified atom stereocenters. The minimum Gasteiger partial charge on any atom is -0.390 e. The summed E-state index contributed by atoms with van der Waals surface area (Å²) in [7, 11) is 0. The fraction of sp³-hybridized carbons (Fsp3) is 0.308. The van der Waals surface area contributed by atoms with Gasteiger partial charge in [-0.25, -0.2) is 8.78 Å². The molecule has 3 N–H and O–H groups in total. The average molecular weight is 485 g/mol. The normalized spacial score (nSPS) is 16.0. The molecule has 1 heterocycles. The summed E-state index contributed by atoms with van der Waals surface area (Å²) in [6.07, 6.45) is 1.76. The molecule has 1 amide bonds. The van der Waals surface area contributed by atoms with Gasteiger partial charge in [-0.2, -0.15) is 0 Å². The van der Waals surface area contributed by atoms with Gasteiger partial charge < -0.3 is 15.7 Å². The highest BCUT2D eigenvalue weighted by molar-refractivity contribution is 7.17. The zero-order valence-electron chi connectivity index (χ0n) is 18.7. The van der Waals surface area contributed by atoms with Crippen molar-refractivity contribution in [2.75, 3.05) is 6.54 Å². The van der Waals surface area contributed by atoms with Gasteiger partial charge in [0.15, 0.2) is 6.29 Å². The van der Waals surface area contributed by atoms with Gasteiger partial charge in [-0.1, -0.05) is 18.2 Å². The van der Waals surface area contributed by atoms with Crippen molar-refractivity contribution in [2.45, 2.75) is 43.9 Å². The summed E-state index contributed by atoms with van der Waals surface area (Å²) in [4.78, 5) is 24.4. The van der Waals surface area contributed by atoms with E-state index in [1.54, 1.807) is 6.07 Å². The Morgan fingerprint density at radius 2 is 1.88 bits per heavy atom. The average Bonchev–Trinajstić information content (AvgIpc) is 3.43. The summed E-state index contributed by atoms with van der Waals surface area (Å²) in [6.45, 7) is 1.54. The van der Waals surface area contributed by atoms with Crippen LogP contribution >= 0.6 is 11.3 Å². The minimum absolute atomic E-state index is 0.0943. The summed E-state index contributed by atoms with van der Waals surface area (Å²) in [6, 6.07) is 14.3. The number of hydrogen-bond acceptors (Lipinski definition) is 5. The number of carbonyl (C=O) groups is 2. The summed E-state index contributed by atoms with van der Waals surface area (Å²) < 4.78 is 27.2. The maximum atomic E-state index is 13.6. The number of aliphatic hydroxyl groups excluding tert-OH is 1. The third-order valence-corrected chi connectivity index (χ3v) is 7.13. The fourth-order valence-corrected chi connectivity index (χ4v) is 5.02. The lowest BCUT2D eigenvalue weighted by molar-refractivity contribution is -0.120. The van der Waals surface area contributed by atoms with Crippen molar-refractivity contribution < 1.29 is 23.5 Å². The molecule has 0 radical (unpaired) electrons. The van der Waals surface area contributed by atoms with Crippen molar-refractivity contribution in [3.05, 3.63) is 82.2 Å². The van der Waals surface area contributed by atoms with Gasteiger partial charge in [0.05, 0.1) is 17.0 Å². The SMILES string of the molecule is CC(=O)NC(Cc1cc(F)cc(F)c1)C(O)CNC1(c2cccc(-c3ccc(C=O)s3)c2)CC1. The molecule has 3 aromatic rings. The highest BCUT2D eigenvalue weighted by Gasteiger charge is 2.44. The first kappa shape index (κ1) is 24.2. The second-order valence-corrected chi connectivity index (χ2v) is 9.84. The maximum Gasteiger partial charge on any atom is 0.217 e. The van der Waals surface area contributed by atoms with Gasteiger partial charge in [-0.3, -0.25) is 9.59 Å². The van der Waals surface area contributed by atoms with Gasteiger partial charge in [0.25, 0.3) is 0 Å². The first-order valence-electron chi connectivity index (χ1n) is 11.1. The van der Waals surface area contributed by atoms with E-state index < -0.39 is 23.8 Å². The number of rotatable bonds is 10. The predicted molar refractivity (Wildman–Crippen MR) is 128 cm³/mol. The lowest BCUT2D eigenvalue weighted by Gasteiger charge is -2.27. The van der Waals surface area contributed by atoms with Crippen LogP contribution in [0.3, 0.4) is 0 Å². The highest BCUT2D eigenvalue weighted by Crippen LogP contribution is 2.46. The van der Waals surface area contributed by atoms with Crippen LogP contribution in [0.4, 0.5) is 8.78 Å². The monoisotopic (exact) mass is 484 g/mol. The Morgan fingerprint density at radius 3 is 2.50 bits per heavy atom. The molecule has 4 rings (SSSR count). The topological polar surface area (TPSA) is 78.4 Å². The van der Waals surface area contributed by atoms with E-state index in [1.165, 1.54) is 30.4 Å². The van der Waals surface area contributed by atoms with Gasteiger partial charge in [0, 0.05) is 30.0 Å². The number of halogens is 2. The summed E-state index contributed by atoms with van der Waals surface area (Å²) in [5.74, 6) is -1.74. The van der Waals surface area contributed by atoms with Crippen LogP contribution in [0.25, 0.3) is 10.4 Å². The molecule has 0 saturated heterocycles. The van der Waals surface area contributed by atoms with E-state index in [0.717, 1.165) is 41.2 Å². The molecule has 2 atom stereocenters. The van der Waals surface area contributed by atoms with Crippen LogP contribution in [-0.2, 0) is 16.8 Å². The summed E-state index contributed by atoms with van der Waals surface area (Å²) in [5, 5.41) is 17.0. The van der Waals surface area contributed by atoms with E-state index in [9.17, 15) is 23.5 Å². The van der Waals surface area contributed by atoms with Crippen LogP contribution in [-0.4, -0.2) is 36.0 Å². The van der Waals surface area contributed by atoms with Crippen molar-refractivity contribution in [3.8, 4) is 10.4 Å². The Kier molecular flexibility index (Phi) is 7.21.